The van der Waals surface area contributed by atoms with Crippen molar-refractivity contribution < 1.29 is 9.53 Å². The minimum absolute atomic E-state index is 0. The van der Waals surface area contributed by atoms with Crippen LogP contribution in [0.5, 0.6) is 0 Å². The summed E-state index contributed by atoms with van der Waals surface area (Å²) in [5.74, 6) is -0.148. The van der Waals surface area contributed by atoms with Crippen LogP contribution in [0, 0.1) is 0 Å². The SMILES string of the molecule is Cl.NC1(C(=O)Nc2ccc3scnc3c2)CCOCC1. The second-order valence-corrected chi connectivity index (χ2v) is 5.64. The highest BCUT2D eigenvalue weighted by molar-refractivity contribution is 7.16. The number of anilines is 1. The number of ether oxygens (including phenoxy) is 1. The van der Waals surface area contributed by atoms with Gasteiger partial charge in [-0.3, -0.25) is 4.79 Å². The van der Waals surface area contributed by atoms with Gasteiger partial charge in [-0.2, -0.15) is 0 Å². The molecule has 1 saturated heterocycles. The van der Waals surface area contributed by atoms with Gasteiger partial charge in [-0.05, 0) is 31.0 Å². The molecule has 108 valence electrons. The summed E-state index contributed by atoms with van der Waals surface area (Å²) in [4.78, 5) is 16.5. The number of nitrogens with two attached hydrogens (primary N) is 1. The van der Waals surface area contributed by atoms with Gasteiger partial charge in [0.25, 0.3) is 0 Å². The average Bonchev–Trinajstić information content (AvgIpc) is 2.87. The molecule has 0 bridgehead atoms. The number of aromatic nitrogens is 1. The summed E-state index contributed by atoms with van der Waals surface area (Å²) in [6, 6.07) is 5.70. The lowest BCUT2D eigenvalue weighted by atomic mass is 9.90. The van der Waals surface area contributed by atoms with Crippen LogP contribution in [-0.4, -0.2) is 29.6 Å². The molecule has 0 unspecified atom stereocenters. The predicted molar refractivity (Wildman–Crippen MR) is 82.5 cm³/mol. The van der Waals surface area contributed by atoms with Crippen molar-refractivity contribution in [1.82, 2.24) is 4.98 Å². The fourth-order valence-electron chi connectivity index (χ4n) is 2.15. The van der Waals surface area contributed by atoms with Gasteiger partial charge < -0.3 is 15.8 Å². The minimum atomic E-state index is -0.824. The quantitative estimate of drug-likeness (QED) is 0.890. The Bertz CT molecular complexity index is 610. The second kappa shape index (κ2) is 6.05. The number of thiazole rings is 1. The molecule has 1 aliphatic heterocycles. The number of hydrogen-bond acceptors (Lipinski definition) is 5. The highest BCUT2D eigenvalue weighted by atomic mass is 35.5. The lowest BCUT2D eigenvalue weighted by Crippen LogP contribution is -2.54. The van der Waals surface area contributed by atoms with E-state index in [4.69, 9.17) is 10.5 Å². The van der Waals surface area contributed by atoms with Crippen LogP contribution in [0.15, 0.2) is 23.7 Å². The second-order valence-electron chi connectivity index (χ2n) is 4.76. The van der Waals surface area contributed by atoms with Gasteiger partial charge in [0, 0.05) is 18.9 Å². The number of rotatable bonds is 2. The first kappa shape index (κ1) is 15.2. The van der Waals surface area contributed by atoms with Gasteiger partial charge in [-0.15, -0.1) is 23.7 Å². The topological polar surface area (TPSA) is 77.2 Å². The van der Waals surface area contributed by atoms with Gasteiger partial charge in [-0.25, -0.2) is 4.98 Å². The van der Waals surface area contributed by atoms with Gasteiger partial charge in [0.15, 0.2) is 0 Å². The van der Waals surface area contributed by atoms with Crippen molar-refractivity contribution in [2.45, 2.75) is 18.4 Å². The molecule has 5 nitrogen and oxygen atoms in total. The number of benzene rings is 1. The maximum atomic E-state index is 12.3. The summed E-state index contributed by atoms with van der Waals surface area (Å²) >= 11 is 1.58. The molecule has 0 saturated carbocycles. The van der Waals surface area contributed by atoms with Crippen molar-refractivity contribution in [3.8, 4) is 0 Å². The standard InChI is InChI=1S/C13H15N3O2S.ClH/c14-13(3-5-18-6-4-13)12(17)16-9-1-2-11-10(7-9)15-8-19-11;/h1-2,7-8H,3-6,14H2,(H,16,17);1H. The van der Waals surface area contributed by atoms with Crippen LogP contribution in [0.2, 0.25) is 0 Å². The number of carbonyl (C=O) groups excluding carboxylic acids is 1. The van der Waals surface area contributed by atoms with Crippen LogP contribution >= 0.6 is 23.7 Å². The lowest BCUT2D eigenvalue weighted by molar-refractivity contribution is -0.124. The van der Waals surface area contributed by atoms with E-state index in [2.05, 4.69) is 10.3 Å². The van der Waals surface area contributed by atoms with Crippen molar-refractivity contribution in [3.05, 3.63) is 23.7 Å². The van der Waals surface area contributed by atoms with E-state index >= 15 is 0 Å². The van der Waals surface area contributed by atoms with E-state index in [1.54, 1.807) is 16.8 Å². The first-order valence-electron chi connectivity index (χ1n) is 6.19. The Balaban J connectivity index is 0.00000147. The van der Waals surface area contributed by atoms with E-state index in [1.807, 2.05) is 18.2 Å². The van der Waals surface area contributed by atoms with E-state index in [0.717, 1.165) is 15.9 Å². The molecule has 2 heterocycles. The zero-order valence-electron chi connectivity index (χ0n) is 10.8. The molecule has 0 spiro atoms. The van der Waals surface area contributed by atoms with E-state index < -0.39 is 5.54 Å². The third-order valence-corrected chi connectivity index (χ3v) is 4.24. The number of nitrogens with zero attached hydrogens (tertiary/aromatic N) is 1. The van der Waals surface area contributed by atoms with Gasteiger partial charge in [0.1, 0.15) is 5.54 Å². The van der Waals surface area contributed by atoms with Crippen molar-refractivity contribution in [3.63, 3.8) is 0 Å². The van der Waals surface area contributed by atoms with Gasteiger partial charge >= 0.3 is 0 Å². The third-order valence-electron chi connectivity index (χ3n) is 3.43. The summed E-state index contributed by atoms with van der Waals surface area (Å²) in [5, 5.41) is 2.88. The summed E-state index contributed by atoms with van der Waals surface area (Å²) in [7, 11) is 0. The first-order chi connectivity index (χ1) is 9.17. The van der Waals surface area contributed by atoms with Crippen LogP contribution in [0.3, 0.4) is 0 Å². The van der Waals surface area contributed by atoms with Crippen molar-refractivity contribution in [2.24, 2.45) is 5.73 Å². The normalized spacial score (nSPS) is 17.4. The fraction of sp³-hybridized carbons (Fsp3) is 0.385. The Morgan fingerprint density at radius 2 is 2.15 bits per heavy atom. The molecule has 0 radical (unpaired) electrons. The minimum Gasteiger partial charge on any atom is -0.381 e. The Hall–Kier alpha value is -1.21. The zero-order chi connectivity index (χ0) is 13.3. The molecule has 1 fully saturated rings. The summed E-state index contributed by atoms with van der Waals surface area (Å²) in [6.07, 6.45) is 1.11. The Labute approximate surface area is 126 Å². The monoisotopic (exact) mass is 313 g/mol. The van der Waals surface area contributed by atoms with E-state index in [0.29, 0.717) is 26.1 Å². The highest BCUT2D eigenvalue weighted by Crippen LogP contribution is 2.24. The number of hydrogen-bond donors (Lipinski definition) is 2. The number of carbonyl (C=O) groups is 1. The van der Waals surface area contributed by atoms with Gasteiger partial charge in [0.05, 0.1) is 15.7 Å². The number of fused-ring (bicyclic) bond motifs is 1. The van der Waals surface area contributed by atoms with Crippen LogP contribution in [0.25, 0.3) is 10.2 Å². The molecule has 7 heteroatoms. The maximum Gasteiger partial charge on any atom is 0.244 e. The Kier molecular flexibility index (Phi) is 4.59. The molecular weight excluding hydrogens is 298 g/mol. The lowest BCUT2D eigenvalue weighted by Gasteiger charge is -2.31. The van der Waals surface area contributed by atoms with Crippen LogP contribution in [0.1, 0.15) is 12.8 Å². The van der Waals surface area contributed by atoms with Crippen LogP contribution in [-0.2, 0) is 9.53 Å². The van der Waals surface area contributed by atoms with Gasteiger partial charge in [0.2, 0.25) is 5.91 Å². The summed E-state index contributed by atoms with van der Waals surface area (Å²) in [5.41, 5.74) is 8.73. The molecule has 1 aromatic carbocycles. The van der Waals surface area contributed by atoms with Crippen LogP contribution in [0.4, 0.5) is 5.69 Å². The summed E-state index contributed by atoms with van der Waals surface area (Å²) in [6.45, 7) is 1.07. The Morgan fingerprint density at radius 3 is 2.90 bits per heavy atom. The van der Waals surface area contributed by atoms with Gasteiger partial charge in [-0.1, -0.05) is 0 Å². The van der Waals surface area contributed by atoms with Crippen molar-refractivity contribution >= 4 is 45.6 Å². The highest BCUT2D eigenvalue weighted by Gasteiger charge is 2.35. The molecule has 1 aliphatic rings. The molecule has 1 amide bonds. The molecule has 2 aromatic rings. The first-order valence-corrected chi connectivity index (χ1v) is 7.07. The zero-order valence-corrected chi connectivity index (χ0v) is 12.4. The molecule has 1 aromatic heterocycles. The van der Waals surface area contributed by atoms with Crippen LogP contribution < -0.4 is 11.1 Å². The molecule has 0 atom stereocenters. The number of halogens is 1. The molecular formula is C13H16ClN3O2S. The molecule has 20 heavy (non-hydrogen) atoms. The Morgan fingerprint density at radius 1 is 1.40 bits per heavy atom. The number of amides is 1. The third kappa shape index (κ3) is 2.93. The van der Waals surface area contributed by atoms with E-state index in [-0.39, 0.29) is 18.3 Å². The van der Waals surface area contributed by atoms with Crippen molar-refractivity contribution in [2.75, 3.05) is 18.5 Å². The molecule has 3 rings (SSSR count). The predicted octanol–water partition coefficient (Wildman–Crippen LogP) is 2.16. The smallest absolute Gasteiger partial charge is 0.244 e. The average molecular weight is 314 g/mol. The molecule has 3 N–H and O–H groups in total. The molecule has 0 aliphatic carbocycles. The van der Waals surface area contributed by atoms with E-state index in [9.17, 15) is 4.79 Å². The van der Waals surface area contributed by atoms with Crippen molar-refractivity contribution in [1.29, 1.82) is 0 Å². The maximum absolute atomic E-state index is 12.3. The fourth-order valence-corrected chi connectivity index (χ4v) is 2.81. The van der Waals surface area contributed by atoms with E-state index in [1.165, 1.54) is 0 Å². The largest absolute Gasteiger partial charge is 0.381 e. The summed E-state index contributed by atoms with van der Waals surface area (Å²) < 4.78 is 6.35. The number of nitrogens with one attached hydrogen (secondary N) is 1.